The van der Waals surface area contributed by atoms with Gasteiger partial charge in [-0.15, -0.1) is 30.6 Å². The molecule has 630 valence electrons. The van der Waals surface area contributed by atoms with Gasteiger partial charge in [0.2, 0.25) is 35.3 Å². The summed E-state index contributed by atoms with van der Waals surface area (Å²) >= 11 is 0. The second-order valence-corrected chi connectivity index (χ2v) is 35.5. The fourth-order valence-corrected chi connectivity index (χ4v) is 23.4. The number of rotatable bonds is 15. The third-order valence-electron chi connectivity index (χ3n) is 28.8. The Morgan fingerprint density at radius 1 is 0.133 bits per heavy atom. The third-order valence-corrected chi connectivity index (χ3v) is 28.8. The second-order valence-electron chi connectivity index (χ2n) is 35.5. The molecule has 3 spiro atoms. The number of hydrogen-bond acceptors (Lipinski definition) is 12. The van der Waals surface area contributed by atoms with Gasteiger partial charge in [0.05, 0.1) is 16.2 Å². The van der Waals surface area contributed by atoms with Crippen molar-refractivity contribution in [3.8, 4) is 135 Å². The highest BCUT2D eigenvalue weighted by atomic mass is 16.4. The van der Waals surface area contributed by atoms with Crippen LogP contribution in [0.15, 0.2) is 468 Å². The van der Waals surface area contributed by atoms with E-state index in [1.807, 2.05) is 18.2 Å². The molecule has 3 aromatic heterocycles. The van der Waals surface area contributed by atoms with Gasteiger partial charge in [-0.05, 0) is 297 Å². The average molecular weight is 1730 g/mol. The van der Waals surface area contributed by atoms with Crippen molar-refractivity contribution >= 4 is 51.2 Å². The number of para-hydroxylation sites is 6. The van der Waals surface area contributed by atoms with E-state index in [-0.39, 0.29) is 17.7 Å². The van der Waals surface area contributed by atoms with Gasteiger partial charge in [-0.2, -0.15) is 0 Å². The highest BCUT2D eigenvalue weighted by molar-refractivity contribution is 6.02. The average Bonchev–Trinajstić information content (AvgIpc) is 1.52. The van der Waals surface area contributed by atoms with Crippen molar-refractivity contribution in [3.63, 3.8) is 0 Å². The zero-order valence-electron chi connectivity index (χ0n) is 72.6. The molecule has 6 aliphatic rings. The predicted molar refractivity (Wildman–Crippen MR) is 536 cm³/mol. The van der Waals surface area contributed by atoms with E-state index in [9.17, 15) is 0 Å². The molecule has 0 bridgehead atoms. The van der Waals surface area contributed by atoms with E-state index in [2.05, 4.69) is 451 Å². The third kappa shape index (κ3) is 11.1. The first-order valence-electron chi connectivity index (χ1n) is 45.8. The summed E-state index contributed by atoms with van der Waals surface area (Å²) in [6, 6.07) is 164. The van der Waals surface area contributed by atoms with Gasteiger partial charge in [0, 0.05) is 84.6 Å². The van der Waals surface area contributed by atoms with Crippen LogP contribution in [0.2, 0.25) is 0 Å². The van der Waals surface area contributed by atoms with E-state index in [1.165, 1.54) is 83.5 Å². The SMILES string of the molecule is c1ccc(N(c2ccccc2)c2ccc3c(c2)C2(c4ccccc4-c4ccccc42)c2cc(-c4nnc(-c5cc(-c6nnc(-c7ccc8c(c7)C7(c9ccccc9-c9ccccc97)c7cc(N(c9ccccc9)c9ccccc9)ccc7-8)o6)cc(-c6nnc(-c7ccc8c(c7)C7(c9ccccc9-c9ccccc97)c7cc(N(c9ccccc9)c9ccccc9)ccc7-8)o6)c5)o4)ccc2-3)cc1. The highest BCUT2D eigenvalue weighted by Gasteiger charge is 2.56. The summed E-state index contributed by atoms with van der Waals surface area (Å²) in [6.45, 7) is 0. The Bertz CT molecular complexity index is 7550. The van der Waals surface area contributed by atoms with Crippen molar-refractivity contribution in [1.82, 2.24) is 30.6 Å². The largest absolute Gasteiger partial charge is 0.416 e. The zero-order valence-corrected chi connectivity index (χ0v) is 72.6. The minimum absolute atomic E-state index is 0.244. The fourth-order valence-electron chi connectivity index (χ4n) is 23.4. The molecule has 0 saturated heterocycles. The molecule has 22 aromatic rings. The van der Waals surface area contributed by atoms with E-state index in [0.717, 1.165) is 118 Å². The Balaban J connectivity index is 0.591. The van der Waals surface area contributed by atoms with Crippen LogP contribution in [0, 0.1) is 0 Å². The van der Waals surface area contributed by atoms with Crippen LogP contribution in [0.3, 0.4) is 0 Å². The lowest BCUT2D eigenvalue weighted by molar-refractivity contribution is 0.580. The van der Waals surface area contributed by atoms with Gasteiger partial charge in [0.1, 0.15) is 0 Å². The van der Waals surface area contributed by atoms with Crippen LogP contribution < -0.4 is 14.7 Å². The second kappa shape index (κ2) is 29.5. The molecule has 19 aromatic carbocycles. The number of aromatic nitrogens is 6. The lowest BCUT2D eigenvalue weighted by Gasteiger charge is -2.32. The van der Waals surface area contributed by atoms with Gasteiger partial charge in [-0.1, -0.05) is 291 Å². The van der Waals surface area contributed by atoms with Crippen molar-refractivity contribution < 1.29 is 13.3 Å². The number of hydrogen-bond donors (Lipinski definition) is 0. The summed E-state index contributed by atoms with van der Waals surface area (Å²) in [6.07, 6.45) is 0. The van der Waals surface area contributed by atoms with Crippen LogP contribution in [-0.2, 0) is 16.2 Å². The van der Waals surface area contributed by atoms with Crippen LogP contribution in [0.25, 0.3) is 135 Å². The molecule has 0 fully saturated rings. The Morgan fingerprint density at radius 2 is 0.304 bits per heavy atom. The molecule has 0 radical (unpaired) electrons. The maximum atomic E-state index is 7.16. The summed E-state index contributed by atoms with van der Waals surface area (Å²) < 4.78 is 21.5. The van der Waals surface area contributed by atoms with Crippen molar-refractivity contribution in [2.45, 2.75) is 16.2 Å². The Morgan fingerprint density at radius 3 is 0.519 bits per heavy atom. The van der Waals surface area contributed by atoms with Crippen molar-refractivity contribution in [2.75, 3.05) is 14.7 Å². The highest BCUT2D eigenvalue weighted by Crippen LogP contribution is 2.68. The number of nitrogens with zero attached hydrogens (tertiary/aromatic N) is 9. The zero-order chi connectivity index (χ0) is 88.6. The van der Waals surface area contributed by atoms with E-state index in [4.69, 9.17) is 43.8 Å². The van der Waals surface area contributed by atoms with Gasteiger partial charge in [0.25, 0.3) is 0 Å². The number of anilines is 9. The quantitative estimate of drug-likeness (QED) is 0.0970. The summed E-state index contributed by atoms with van der Waals surface area (Å²) in [7, 11) is 0. The molecule has 0 N–H and O–H groups in total. The van der Waals surface area contributed by atoms with Crippen LogP contribution >= 0.6 is 0 Å². The molecule has 0 amide bonds. The Labute approximate surface area is 778 Å². The van der Waals surface area contributed by atoms with Gasteiger partial charge < -0.3 is 28.0 Å². The van der Waals surface area contributed by atoms with Crippen molar-refractivity contribution in [2.24, 2.45) is 0 Å². The molecule has 12 heteroatoms. The summed E-state index contributed by atoms with van der Waals surface area (Å²) in [5.74, 6) is 1.73. The molecule has 0 aliphatic heterocycles. The number of benzene rings is 19. The Hall–Kier alpha value is -18.0. The molecule has 6 aliphatic carbocycles. The normalized spacial score (nSPS) is 13.5. The van der Waals surface area contributed by atoms with Crippen LogP contribution in [-0.4, -0.2) is 30.6 Å². The Kier molecular flexibility index (Phi) is 16.6. The van der Waals surface area contributed by atoms with E-state index in [1.54, 1.807) is 0 Å². The van der Waals surface area contributed by atoms with Crippen molar-refractivity contribution in [3.05, 3.63) is 522 Å². The van der Waals surface area contributed by atoms with Crippen LogP contribution in [0.5, 0.6) is 0 Å². The van der Waals surface area contributed by atoms with Gasteiger partial charge in [0.15, 0.2) is 0 Å². The topological polar surface area (TPSA) is 126 Å². The van der Waals surface area contributed by atoms with Gasteiger partial charge >= 0.3 is 0 Å². The first kappa shape index (κ1) is 75.9. The van der Waals surface area contributed by atoms with Gasteiger partial charge in [-0.3, -0.25) is 0 Å². The number of fused-ring (bicyclic) bond motifs is 30. The van der Waals surface area contributed by atoms with E-state index < -0.39 is 16.2 Å². The monoisotopic (exact) mass is 1730 g/mol. The predicted octanol–water partition coefficient (Wildman–Crippen LogP) is 30.3. The maximum absolute atomic E-state index is 7.16. The molecule has 28 rings (SSSR count). The summed E-state index contributed by atoms with van der Waals surface area (Å²) in [5.41, 5.74) is 39.3. The van der Waals surface area contributed by atoms with E-state index >= 15 is 0 Å². The minimum Gasteiger partial charge on any atom is -0.416 e. The molecule has 0 atom stereocenters. The van der Waals surface area contributed by atoms with Gasteiger partial charge in [-0.25, -0.2) is 0 Å². The first-order valence-corrected chi connectivity index (χ1v) is 45.8. The molecule has 0 unspecified atom stereocenters. The summed E-state index contributed by atoms with van der Waals surface area (Å²) in [4.78, 5) is 7.04. The van der Waals surface area contributed by atoms with E-state index in [0.29, 0.717) is 34.4 Å². The maximum Gasteiger partial charge on any atom is 0.248 e. The molecule has 12 nitrogen and oxygen atoms in total. The lowest BCUT2D eigenvalue weighted by Crippen LogP contribution is -2.26. The molecule has 0 saturated carbocycles. The standard InChI is InChI=1S/C123H75N9O3/c1-7-31-82(32-8-1)130(83-33-9-2-10-34-83)88-58-64-100-97-61-55-76(70-109(97)121(112(100)73-88)103-49-25-19-43-91(103)92-44-20-26-50-104(92)121)115-124-127-118(133-115)79-67-80(119-128-125-116(134-119)77-56-62-98-101-65-59-89(131(84-35-11-3-12-36-84)85-37-13-4-14-38-85)74-113(101)122(110(98)71-77)105-51-27-21-45-93(105)94-46-22-28-52-106(94)122)69-81(68-79)120-129-126-117(135-120)78-57-63-99-102-66-60-90(132(86-39-15-5-16-40-86)87-41-17-6-18-42-87)75-114(102)123(111(99)72-78)107-53-29-23-47-95(107)96-48-24-30-54-108(96)123/h1-75H. The fraction of sp³-hybridized carbons (Fsp3) is 0.0244. The van der Waals surface area contributed by atoms with Crippen LogP contribution in [0.1, 0.15) is 66.8 Å². The molecular weight excluding hydrogens is 1650 g/mol. The smallest absolute Gasteiger partial charge is 0.248 e. The molecule has 135 heavy (non-hydrogen) atoms. The van der Waals surface area contributed by atoms with Crippen molar-refractivity contribution in [1.29, 1.82) is 0 Å². The van der Waals surface area contributed by atoms with Crippen LogP contribution in [0.4, 0.5) is 51.2 Å². The minimum atomic E-state index is -0.740. The summed E-state index contributed by atoms with van der Waals surface area (Å²) in [5, 5.41) is 29.9. The molecule has 3 heterocycles. The first-order chi connectivity index (χ1) is 66.9. The molecular formula is C123H75N9O3. The lowest BCUT2D eigenvalue weighted by atomic mass is 9.70.